The number of hydrogen-bond donors (Lipinski definition) is 2. The first-order chi connectivity index (χ1) is 7.43. The minimum atomic E-state index is -4.30. The van der Waals surface area contributed by atoms with Gasteiger partial charge < -0.3 is 9.73 Å². The van der Waals surface area contributed by atoms with Gasteiger partial charge in [-0.2, -0.15) is 8.42 Å². The van der Waals surface area contributed by atoms with Gasteiger partial charge in [0.25, 0.3) is 0 Å². The molecule has 0 aliphatic rings. The lowest BCUT2D eigenvalue weighted by atomic mass is 10.2. The van der Waals surface area contributed by atoms with E-state index in [-0.39, 0.29) is 12.3 Å². The van der Waals surface area contributed by atoms with Crippen LogP contribution in [0, 0.1) is 0 Å². The highest BCUT2D eigenvalue weighted by molar-refractivity contribution is 7.85. The molecule has 1 aromatic heterocycles. The fourth-order valence-electron chi connectivity index (χ4n) is 1.15. The van der Waals surface area contributed by atoms with Crippen LogP contribution in [-0.4, -0.2) is 25.4 Å². The minimum absolute atomic E-state index is 0.132. The Kier molecular flexibility index (Phi) is 4.08. The van der Waals surface area contributed by atoms with Gasteiger partial charge in [0, 0.05) is 19.4 Å². The van der Waals surface area contributed by atoms with Gasteiger partial charge in [-0.3, -0.25) is 9.35 Å². The van der Waals surface area contributed by atoms with E-state index < -0.39 is 15.2 Å². The summed E-state index contributed by atoms with van der Waals surface area (Å²) in [4.78, 5) is 11.1. The third-order valence-corrected chi connectivity index (χ3v) is 2.59. The number of carbonyl (C=O) groups excluding carboxylic acids is 1. The first kappa shape index (κ1) is 12.7. The number of hydrogen-bond acceptors (Lipinski definition) is 4. The van der Waals surface area contributed by atoms with Crippen molar-refractivity contribution in [3.05, 3.63) is 17.9 Å². The highest BCUT2D eigenvalue weighted by atomic mass is 32.2. The highest BCUT2D eigenvalue weighted by Crippen LogP contribution is 2.14. The average molecular weight is 247 g/mol. The summed E-state index contributed by atoms with van der Waals surface area (Å²) in [5.74, 6) is 0.214. The van der Waals surface area contributed by atoms with Crippen LogP contribution in [0.4, 0.5) is 0 Å². The van der Waals surface area contributed by atoms with Gasteiger partial charge in [0.05, 0.1) is 0 Å². The highest BCUT2D eigenvalue weighted by Gasteiger charge is 2.15. The molecule has 0 saturated heterocycles. The summed E-state index contributed by atoms with van der Waals surface area (Å²) < 4.78 is 34.9. The van der Waals surface area contributed by atoms with E-state index in [0.29, 0.717) is 18.7 Å². The smallest absolute Gasteiger partial charge is 0.328 e. The number of furan rings is 1. The van der Waals surface area contributed by atoms with Crippen molar-refractivity contribution < 1.29 is 22.2 Å². The number of nitrogens with one attached hydrogen (secondary N) is 1. The summed E-state index contributed by atoms with van der Waals surface area (Å²) in [7, 11) is -4.30. The van der Waals surface area contributed by atoms with E-state index in [2.05, 4.69) is 5.32 Å². The van der Waals surface area contributed by atoms with Gasteiger partial charge in [0.2, 0.25) is 11.0 Å². The van der Waals surface area contributed by atoms with E-state index in [1.165, 1.54) is 6.07 Å². The van der Waals surface area contributed by atoms with Crippen molar-refractivity contribution in [3.63, 3.8) is 0 Å². The molecule has 0 saturated carbocycles. The molecular formula is C9H13NO5S. The molecule has 1 aromatic rings. The lowest BCUT2D eigenvalue weighted by Crippen LogP contribution is -2.22. The third-order valence-electron chi connectivity index (χ3n) is 1.86. The van der Waals surface area contributed by atoms with Crippen LogP contribution in [0.1, 0.15) is 19.1 Å². The Balaban J connectivity index is 2.57. The largest absolute Gasteiger partial charge is 0.447 e. The maximum Gasteiger partial charge on any atom is 0.328 e. The normalized spacial score (nSPS) is 11.4. The van der Waals surface area contributed by atoms with Gasteiger partial charge >= 0.3 is 10.1 Å². The SMILES string of the molecule is CCNC(=O)CCc1ccc(S(=O)(=O)O)o1. The monoisotopic (exact) mass is 247 g/mol. The zero-order valence-electron chi connectivity index (χ0n) is 8.76. The molecule has 0 aromatic carbocycles. The number of aryl methyl sites for hydroxylation is 1. The van der Waals surface area contributed by atoms with Crippen LogP contribution >= 0.6 is 0 Å². The Hall–Kier alpha value is -1.34. The van der Waals surface area contributed by atoms with Crippen LogP contribution in [-0.2, 0) is 21.3 Å². The summed E-state index contributed by atoms with van der Waals surface area (Å²) in [5.41, 5.74) is 0. The molecule has 1 amide bonds. The van der Waals surface area contributed by atoms with Gasteiger partial charge in [-0.1, -0.05) is 0 Å². The molecule has 90 valence electrons. The van der Waals surface area contributed by atoms with Crippen molar-refractivity contribution in [1.29, 1.82) is 0 Å². The lowest BCUT2D eigenvalue weighted by molar-refractivity contribution is -0.121. The van der Waals surface area contributed by atoms with E-state index in [1.807, 2.05) is 0 Å². The van der Waals surface area contributed by atoms with Crippen molar-refractivity contribution in [3.8, 4) is 0 Å². The molecule has 2 N–H and O–H groups in total. The number of amides is 1. The summed E-state index contributed by atoms with van der Waals surface area (Å²) in [6, 6.07) is 2.57. The van der Waals surface area contributed by atoms with Crippen molar-refractivity contribution in [2.24, 2.45) is 0 Å². The van der Waals surface area contributed by atoms with E-state index in [9.17, 15) is 13.2 Å². The van der Waals surface area contributed by atoms with Gasteiger partial charge in [0.1, 0.15) is 5.76 Å². The van der Waals surface area contributed by atoms with Crippen LogP contribution in [0.2, 0.25) is 0 Å². The average Bonchev–Trinajstić information content (AvgIpc) is 2.63. The van der Waals surface area contributed by atoms with Crippen molar-refractivity contribution >= 4 is 16.0 Å². The quantitative estimate of drug-likeness (QED) is 0.742. The second-order valence-corrected chi connectivity index (χ2v) is 4.50. The molecule has 0 bridgehead atoms. The summed E-state index contributed by atoms with van der Waals surface area (Å²) in [6.45, 7) is 2.36. The van der Waals surface area contributed by atoms with Gasteiger partial charge in [-0.05, 0) is 19.1 Å². The molecule has 0 atom stereocenters. The number of rotatable bonds is 5. The first-order valence-electron chi connectivity index (χ1n) is 4.76. The third kappa shape index (κ3) is 3.67. The fraction of sp³-hybridized carbons (Fsp3) is 0.444. The van der Waals surface area contributed by atoms with Crippen molar-refractivity contribution in [2.75, 3.05) is 6.54 Å². The van der Waals surface area contributed by atoms with Crippen molar-refractivity contribution in [2.45, 2.75) is 24.9 Å². The standard InChI is InChI=1S/C9H13NO5S/c1-2-10-8(11)5-3-7-4-6-9(15-7)16(12,13)14/h4,6H,2-3,5H2,1H3,(H,10,11)(H,12,13,14). The molecule has 1 heterocycles. The molecule has 0 aliphatic carbocycles. The van der Waals surface area contributed by atoms with Crippen LogP contribution in [0.25, 0.3) is 0 Å². The topological polar surface area (TPSA) is 96.6 Å². The molecular weight excluding hydrogens is 234 g/mol. The maximum atomic E-state index is 11.1. The lowest BCUT2D eigenvalue weighted by Gasteiger charge is -1.99. The van der Waals surface area contributed by atoms with Crippen LogP contribution < -0.4 is 5.32 Å². The molecule has 0 unspecified atom stereocenters. The molecule has 16 heavy (non-hydrogen) atoms. The van der Waals surface area contributed by atoms with E-state index in [1.54, 1.807) is 6.92 Å². The zero-order chi connectivity index (χ0) is 12.2. The van der Waals surface area contributed by atoms with Gasteiger partial charge in [-0.25, -0.2) is 0 Å². The Morgan fingerprint density at radius 2 is 2.19 bits per heavy atom. The molecule has 0 radical (unpaired) electrons. The Labute approximate surface area is 93.4 Å². The van der Waals surface area contributed by atoms with Gasteiger partial charge in [-0.15, -0.1) is 0 Å². The first-order valence-corrected chi connectivity index (χ1v) is 6.20. The molecule has 1 rings (SSSR count). The molecule has 0 fully saturated rings. The Morgan fingerprint density at radius 1 is 1.50 bits per heavy atom. The zero-order valence-corrected chi connectivity index (χ0v) is 9.58. The second kappa shape index (κ2) is 5.13. The predicted molar refractivity (Wildman–Crippen MR) is 55.5 cm³/mol. The summed E-state index contributed by atoms with van der Waals surface area (Å²) in [5, 5.41) is 2.10. The van der Waals surface area contributed by atoms with E-state index in [4.69, 9.17) is 8.97 Å². The van der Waals surface area contributed by atoms with Gasteiger partial charge in [0.15, 0.2) is 0 Å². The maximum absolute atomic E-state index is 11.1. The van der Waals surface area contributed by atoms with Crippen molar-refractivity contribution in [1.82, 2.24) is 5.32 Å². The van der Waals surface area contributed by atoms with Crippen LogP contribution in [0.5, 0.6) is 0 Å². The molecule has 0 spiro atoms. The Bertz CT molecular complexity index is 462. The molecule has 6 nitrogen and oxygen atoms in total. The summed E-state index contributed by atoms with van der Waals surface area (Å²) in [6.07, 6.45) is 0.508. The van der Waals surface area contributed by atoms with Crippen LogP contribution in [0.15, 0.2) is 21.6 Å². The van der Waals surface area contributed by atoms with Crippen LogP contribution in [0.3, 0.4) is 0 Å². The van der Waals surface area contributed by atoms with E-state index in [0.717, 1.165) is 6.07 Å². The second-order valence-electron chi connectivity index (χ2n) is 3.15. The van der Waals surface area contributed by atoms with E-state index >= 15 is 0 Å². The Morgan fingerprint density at radius 3 is 2.69 bits per heavy atom. The number of carbonyl (C=O) groups is 1. The fourth-order valence-corrected chi connectivity index (χ4v) is 1.61. The molecule has 7 heteroatoms. The summed E-state index contributed by atoms with van der Waals surface area (Å²) >= 11 is 0. The molecule has 0 aliphatic heterocycles. The predicted octanol–water partition coefficient (Wildman–Crippen LogP) is 0.595. The minimum Gasteiger partial charge on any atom is -0.447 e.